The van der Waals surface area contributed by atoms with Gasteiger partial charge in [-0.3, -0.25) is 14.4 Å². The number of nitrogens with zero attached hydrogens (tertiary/aromatic N) is 2. The van der Waals surface area contributed by atoms with E-state index in [1.807, 2.05) is 30.3 Å². The molecule has 120 valence electrons. The van der Waals surface area contributed by atoms with Crippen LogP contribution in [-0.4, -0.2) is 41.0 Å². The molecule has 0 N–H and O–H groups in total. The summed E-state index contributed by atoms with van der Waals surface area (Å²) in [7, 11) is 1.29. The zero-order chi connectivity index (χ0) is 16.8. The fraction of sp³-hybridized carbons (Fsp3) is 0.167. The Bertz CT molecular complexity index is 814. The van der Waals surface area contributed by atoms with Gasteiger partial charge in [-0.15, -0.1) is 0 Å². The van der Waals surface area contributed by atoms with E-state index < -0.39 is 23.8 Å². The number of amides is 2. The van der Waals surface area contributed by atoms with Gasteiger partial charge in [0.2, 0.25) is 0 Å². The van der Waals surface area contributed by atoms with Crippen LogP contribution in [0, 0.1) is 0 Å². The number of esters is 1. The smallest absolute Gasteiger partial charge is 0.327 e. The van der Waals surface area contributed by atoms with Crippen molar-refractivity contribution in [3.63, 3.8) is 0 Å². The third-order valence-corrected chi connectivity index (χ3v) is 4.37. The lowest BCUT2D eigenvalue weighted by Gasteiger charge is -2.16. The molecule has 2 aromatic rings. The summed E-state index contributed by atoms with van der Waals surface area (Å²) >= 11 is 0. The van der Waals surface area contributed by atoms with Crippen molar-refractivity contribution in [1.29, 1.82) is 0 Å². The quantitative estimate of drug-likeness (QED) is 0.490. The van der Waals surface area contributed by atoms with Gasteiger partial charge in [0.15, 0.2) is 0 Å². The first-order chi connectivity index (χ1) is 11.6. The molecule has 2 heterocycles. The number of rotatable bonds is 3. The molecular weight excluding hydrogens is 308 g/mol. The van der Waals surface area contributed by atoms with Crippen molar-refractivity contribution in [2.45, 2.75) is 12.1 Å². The van der Waals surface area contributed by atoms with Gasteiger partial charge in [-0.25, -0.2) is 5.01 Å². The lowest BCUT2D eigenvalue weighted by atomic mass is 10.1. The van der Waals surface area contributed by atoms with Gasteiger partial charge in [0.05, 0.1) is 24.3 Å². The summed E-state index contributed by atoms with van der Waals surface area (Å²) in [6.07, 6.45) is 0. The number of carbonyl (C=O) groups excluding carboxylic acids is 3. The second-order valence-corrected chi connectivity index (χ2v) is 5.67. The minimum absolute atomic E-state index is 0.352. The van der Waals surface area contributed by atoms with Crippen LogP contribution in [0.15, 0.2) is 54.6 Å². The molecule has 6 heteroatoms. The van der Waals surface area contributed by atoms with Crippen LogP contribution in [0.25, 0.3) is 0 Å². The van der Waals surface area contributed by atoms with E-state index in [0.29, 0.717) is 11.1 Å². The minimum Gasteiger partial charge on any atom is -0.468 e. The van der Waals surface area contributed by atoms with E-state index in [9.17, 15) is 14.4 Å². The average molecular weight is 322 g/mol. The number of benzene rings is 2. The van der Waals surface area contributed by atoms with E-state index in [-0.39, 0.29) is 6.04 Å². The highest BCUT2D eigenvalue weighted by atomic mass is 16.5. The van der Waals surface area contributed by atoms with Crippen molar-refractivity contribution in [2.24, 2.45) is 0 Å². The summed E-state index contributed by atoms with van der Waals surface area (Å²) in [5.41, 5.74) is 1.55. The second kappa shape index (κ2) is 5.28. The first-order valence-corrected chi connectivity index (χ1v) is 7.54. The van der Waals surface area contributed by atoms with Crippen LogP contribution in [0.3, 0.4) is 0 Å². The van der Waals surface area contributed by atoms with Crippen molar-refractivity contribution in [1.82, 2.24) is 10.0 Å². The molecule has 0 aromatic heterocycles. The summed E-state index contributed by atoms with van der Waals surface area (Å²) in [5.74, 6) is -1.30. The van der Waals surface area contributed by atoms with Gasteiger partial charge < -0.3 is 4.74 Å². The van der Waals surface area contributed by atoms with Gasteiger partial charge >= 0.3 is 5.97 Å². The summed E-state index contributed by atoms with van der Waals surface area (Å²) < 4.78 is 4.83. The van der Waals surface area contributed by atoms with Gasteiger partial charge in [-0.2, -0.15) is 5.01 Å². The first kappa shape index (κ1) is 14.6. The maximum absolute atomic E-state index is 12.6. The van der Waals surface area contributed by atoms with Crippen LogP contribution in [0.5, 0.6) is 0 Å². The van der Waals surface area contributed by atoms with Gasteiger partial charge in [0.1, 0.15) is 6.04 Å². The van der Waals surface area contributed by atoms with E-state index in [2.05, 4.69) is 0 Å². The molecule has 2 amide bonds. The monoisotopic (exact) mass is 322 g/mol. The number of fused-ring (bicyclic) bond motifs is 1. The molecule has 0 aliphatic carbocycles. The van der Waals surface area contributed by atoms with Crippen molar-refractivity contribution in [3.05, 3.63) is 71.3 Å². The predicted molar refractivity (Wildman–Crippen MR) is 83.8 cm³/mol. The van der Waals surface area contributed by atoms with Crippen molar-refractivity contribution >= 4 is 17.8 Å². The SMILES string of the molecule is COC(=O)[C@H]1[C@H](c2ccccc2)N1N1C(=O)c2ccccc2C1=O. The Morgan fingerprint density at radius 3 is 2.00 bits per heavy atom. The molecule has 0 radical (unpaired) electrons. The van der Waals surface area contributed by atoms with Crippen molar-refractivity contribution < 1.29 is 19.1 Å². The van der Waals surface area contributed by atoms with E-state index in [0.717, 1.165) is 10.6 Å². The molecule has 2 aliphatic heterocycles. The zero-order valence-corrected chi connectivity index (χ0v) is 12.9. The fourth-order valence-corrected chi connectivity index (χ4v) is 3.20. The highest BCUT2D eigenvalue weighted by Gasteiger charge is 2.61. The Balaban J connectivity index is 1.72. The summed E-state index contributed by atoms with van der Waals surface area (Å²) in [5, 5.41) is 2.55. The van der Waals surface area contributed by atoms with Crippen LogP contribution in [0.4, 0.5) is 0 Å². The zero-order valence-electron chi connectivity index (χ0n) is 12.9. The van der Waals surface area contributed by atoms with Crippen molar-refractivity contribution in [3.8, 4) is 0 Å². The van der Waals surface area contributed by atoms with Crippen LogP contribution in [-0.2, 0) is 9.53 Å². The molecule has 0 bridgehead atoms. The normalized spacial score (nSPS) is 24.7. The molecular formula is C18H14N2O4. The molecule has 1 fully saturated rings. The summed E-state index contributed by atoms with van der Waals surface area (Å²) in [4.78, 5) is 37.4. The van der Waals surface area contributed by atoms with Crippen LogP contribution < -0.4 is 0 Å². The van der Waals surface area contributed by atoms with E-state index in [1.165, 1.54) is 12.1 Å². The lowest BCUT2D eigenvalue weighted by molar-refractivity contribution is -0.141. The number of hydrazine groups is 1. The lowest BCUT2D eigenvalue weighted by Crippen LogP contribution is -2.37. The Morgan fingerprint density at radius 2 is 1.46 bits per heavy atom. The fourth-order valence-electron chi connectivity index (χ4n) is 3.20. The summed E-state index contributed by atoms with van der Waals surface area (Å²) in [6.45, 7) is 0. The molecule has 4 rings (SSSR count). The van der Waals surface area contributed by atoms with Crippen LogP contribution >= 0.6 is 0 Å². The summed E-state index contributed by atoms with van der Waals surface area (Å²) in [6, 6.07) is 14.9. The topological polar surface area (TPSA) is 66.7 Å². The second-order valence-electron chi connectivity index (χ2n) is 5.67. The Hall–Kier alpha value is -2.99. The van der Waals surface area contributed by atoms with E-state index >= 15 is 0 Å². The van der Waals surface area contributed by atoms with Gasteiger partial charge in [0.25, 0.3) is 11.8 Å². The molecule has 24 heavy (non-hydrogen) atoms. The third kappa shape index (κ3) is 1.97. The number of carbonyl (C=O) groups is 3. The molecule has 1 saturated heterocycles. The standard InChI is InChI=1S/C18H14N2O4/c1-24-18(23)15-14(11-7-3-2-4-8-11)19(15)20-16(21)12-9-5-6-10-13(12)17(20)22/h2-10,14-15H,1H3/t14-,15+,19?/m0/s1. The Labute approximate surface area is 138 Å². The number of hydrogen-bond donors (Lipinski definition) is 0. The maximum atomic E-state index is 12.6. The average Bonchev–Trinajstić information content (AvgIpc) is 3.31. The Kier molecular flexibility index (Phi) is 3.21. The predicted octanol–water partition coefficient (Wildman–Crippen LogP) is 1.80. The molecule has 1 unspecified atom stereocenters. The maximum Gasteiger partial charge on any atom is 0.327 e. The third-order valence-electron chi connectivity index (χ3n) is 4.37. The van der Waals surface area contributed by atoms with E-state index in [4.69, 9.17) is 4.74 Å². The first-order valence-electron chi connectivity index (χ1n) is 7.54. The molecule has 3 atom stereocenters. The highest BCUT2D eigenvalue weighted by molar-refractivity contribution is 6.21. The van der Waals surface area contributed by atoms with Gasteiger partial charge in [-0.1, -0.05) is 42.5 Å². The highest BCUT2D eigenvalue weighted by Crippen LogP contribution is 2.47. The molecule has 2 aromatic carbocycles. The number of imide groups is 1. The number of ether oxygens (including phenoxy) is 1. The number of methoxy groups -OCH3 is 1. The number of hydrogen-bond acceptors (Lipinski definition) is 5. The van der Waals surface area contributed by atoms with Crippen LogP contribution in [0.2, 0.25) is 0 Å². The minimum atomic E-state index is -0.681. The molecule has 6 nitrogen and oxygen atoms in total. The molecule has 0 saturated carbocycles. The van der Waals surface area contributed by atoms with E-state index in [1.54, 1.807) is 24.3 Å². The van der Waals surface area contributed by atoms with Gasteiger partial charge in [-0.05, 0) is 17.7 Å². The molecule has 0 spiro atoms. The van der Waals surface area contributed by atoms with Crippen molar-refractivity contribution in [2.75, 3.05) is 7.11 Å². The molecule has 2 aliphatic rings. The van der Waals surface area contributed by atoms with Crippen LogP contribution in [0.1, 0.15) is 32.3 Å². The largest absolute Gasteiger partial charge is 0.468 e. The van der Waals surface area contributed by atoms with Gasteiger partial charge in [0, 0.05) is 0 Å². The Morgan fingerprint density at radius 1 is 0.917 bits per heavy atom.